The molecular weight excluding hydrogens is 326 g/mol. The summed E-state index contributed by atoms with van der Waals surface area (Å²) in [7, 11) is -1.99. The molecule has 0 atom stereocenters. The SMILES string of the molecule is CC(C)N(C)S(=O)(=O)c1ccc(C(=O)NC2(CN)CCCC2)cc1. The number of benzene rings is 1. The molecule has 1 aromatic rings. The predicted molar refractivity (Wildman–Crippen MR) is 94.2 cm³/mol. The number of sulfonamides is 1. The summed E-state index contributed by atoms with van der Waals surface area (Å²) < 4.78 is 26.2. The van der Waals surface area contributed by atoms with Gasteiger partial charge in [-0.3, -0.25) is 4.79 Å². The van der Waals surface area contributed by atoms with E-state index in [1.54, 1.807) is 19.2 Å². The first kappa shape index (κ1) is 18.9. The molecule has 24 heavy (non-hydrogen) atoms. The quantitative estimate of drug-likeness (QED) is 0.814. The first-order valence-corrected chi connectivity index (χ1v) is 9.76. The normalized spacial score (nSPS) is 17.4. The highest BCUT2D eigenvalue weighted by molar-refractivity contribution is 7.89. The topological polar surface area (TPSA) is 92.5 Å². The van der Waals surface area contributed by atoms with Crippen LogP contribution in [0.5, 0.6) is 0 Å². The van der Waals surface area contributed by atoms with Crippen LogP contribution in [0.4, 0.5) is 0 Å². The van der Waals surface area contributed by atoms with Crippen LogP contribution in [-0.4, -0.2) is 43.8 Å². The lowest BCUT2D eigenvalue weighted by atomic mass is 9.97. The monoisotopic (exact) mass is 353 g/mol. The van der Waals surface area contributed by atoms with E-state index >= 15 is 0 Å². The van der Waals surface area contributed by atoms with Crippen molar-refractivity contribution in [2.24, 2.45) is 5.73 Å². The van der Waals surface area contributed by atoms with Crippen LogP contribution >= 0.6 is 0 Å². The van der Waals surface area contributed by atoms with E-state index in [2.05, 4.69) is 5.32 Å². The van der Waals surface area contributed by atoms with E-state index in [0.717, 1.165) is 25.7 Å². The number of hydrogen-bond acceptors (Lipinski definition) is 4. The molecule has 134 valence electrons. The van der Waals surface area contributed by atoms with Gasteiger partial charge < -0.3 is 11.1 Å². The minimum absolute atomic E-state index is 0.134. The maximum atomic E-state index is 12.4. The van der Waals surface area contributed by atoms with Crippen molar-refractivity contribution in [3.05, 3.63) is 29.8 Å². The van der Waals surface area contributed by atoms with Crippen molar-refractivity contribution in [3.63, 3.8) is 0 Å². The zero-order valence-corrected chi connectivity index (χ0v) is 15.4. The number of nitrogens with two attached hydrogens (primary N) is 1. The summed E-state index contributed by atoms with van der Waals surface area (Å²) in [5, 5.41) is 3.03. The number of amides is 1. The Morgan fingerprint density at radius 3 is 2.25 bits per heavy atom. The molecule has 0 spiro atoms. The average Bonchev–Trinajstić information content (AvgIpc) is 3.03. The second kappa shape index (κ2) is 7.21. The predicted octanol–water partition coefficient (Wildman–Crippen LogP) is 1.72. The van der Waals surface area contributed by atoms with Gasteiger partial charge in [-0.1, -0.05) is 12.8 Å². The van der Waals surface area contributed by atoms with Crippen LogP contribution in [0, 0.1) is 0 Å². The third-order valence-electron chi connectivity index (χ3n) is 4.85. The Labute approximate surface area is 144 Å². The summed E-state index contributed by atoms with van der Waals surface area (Å²) in [5.74, 6) is -0.205. The molecule has 0 unspecified atom stereocenters. The van der Waals surface area contributed by atoms with E-state index in [9.17, 15) is 13.2 Å². The van der Waals surface area contributed by atoms with E-state index in [4.69, 9.17) is 5.73 Å². The van der Waals surface area contributed by atoms with E-state index in [1.807, 2.05) is 13.8 Å². The van der Waals surface area contributed by atoms with Gasteiger partial charge in [0.2, 0.25) is 10.0 Å². The molecule has 0 aliphatic heterocycles. The number of carbonyl (C=O) groups excluding carboxylic acids is 1. The fourth-order valence-electron chi connectivity index (χ4n) is 2.97. The highest BCUT2D eigenvalue weighted by atomic mass is 32.2. The number of hydrogen-bond donors (Lipinski definition) is 2. The van der Waals surface area contributed by atoms with Gasteiger partial charge in [0.15, 0.2) is 0 Å². The van der Waals surface area contributed by atoms with Gasteiger partial charge >= 0.3 is 0 Å². The van der Waals surface area contributed by atoms with Gasteiger partial charge in [0, 0.05) is 25.2 Å². The maximum absolute atomic E-state index is 12.4. The van der Waals surface area contributed by atoms with Crippen LogP contribution in [-0.2, 0) is 10.0 Å². The van der Waals surface area contributed by atoms with Crippen LogP contribution in [0.1, 0.15) is 49.9 Å². The van der Waals surface area contributed by atoms with E-state index in [0.29, 0.717) is 12.1 Å². The lowest BCUT2D eigenvalue weighted by molar-refractivity contribution is 0.0903. The Bertz CT molecular complexity index is 678. The minimum Gasteiger partial charge on any atom is -0.345 e. The van der Waals surface area contributed by atoms with Crippen molar-refractivity contribution in [3.8, 4) is 0 Å². The maximum Gasteiger partial charge on any atom is 0.251 e. The molecule has 1 aliphatic carbocycles. The molecule has 3 N–H and O–H groups in total. The Hall–Kier alpha value is -1.44. The average molecular weight is 353 g/mol. The van der Waals surface area contributed by atoms with Crippen LogP contribution in [0.3, 0.4) is 0 Å². The smallest absolute Gasteiger partial charge is 0.251 e. The van der Waals surface area contributed by atoms with Crippen molar-refractivity contribution < 1.29 is 13.2 Å². The number of nitrogens with zero attached hydrogens (tertiary/aromatic N) is 1. The molecule has 0 saturated heterocycles. The summed E-state index contributed by atoms with van der Waals surface area (Å²) in [6.45, 7) is 4.05. The van der Waals surface area contributed by atoms with Gasteiger partial charge in [0.25, 0.3) is 5.91 Å². The molecular formula is C17H27N3O3S. The second-order valence-electron chi connectivity index (χ2n) is 6.79. The molecule has 1 fully saturated rings. The van der Waals surface area contributed by atoms with Crippen molar-refractivity contribution >= 4 is 15.9 Å². The second-order valence-corrected chi connectivity index (χ2v) is 8.78. The molecule has 0 bridgehead atoms. The molecule has 1 saturated carbocycles. The number of nitrogens with one attached hydrogen (secondary N) is 1. The van der Waals surface area contributed by atoms with Crippen molar-refractivity contribution in [1.82, 2.24) is 9.62 Å². The third kappa shape index (κ3) is 3.79. The molecule has 2 rings (SSSR count). The van der Waals surface area contributed by atoms with E-state index in [1.165, 1.54) is 16.4 Å². The van der Waals surface area contributed by atoms with Crippen molar-refractivity contribution in [2.45, 2.75) is 56.0 Å². The van der Waals surface area contributed by atoms with Gasteiger partial charge in [-0.2, -0.15) is 4.31 Å². The van der Waals surface area contributed by atoms with Crippen LogP contribution in [0.15, 0.2) is 29.2 Å². The lowest BCUT2D eigenvalue weighted by Gasteiger charge is -2.28. The van der Waals surface area contributed by atoms with Crippen LogP contribution in [0.25, 0.3) is 0 Å². The lowest BCUT2D eigenvalue weighted by Crippen LogP contribution is -2.51. The molecule has 7 heteroatoms. The van der Waals surface area contributed by atoms with Crippen LogP contribution in [0.2, 0.25) is 0 Å². The molecule has 1 amide bonds. The summed E-state index contributed by atoms with van der Waals surface area (Å²) in [6, 6.07) is 5.93. The Morgan fingerprint density at radius 1 is 1.25 bits per heavy atom. The fraction of sp³-hybridized carbons (Fsp3) is 0.588. The molecule has 0 radical (unpaired) electrons. The summed E-state index contributed by atoms with van der Waals surface area (Å²) >= 11 is 0. The molecule has 1 aromatic carbocycles. The van der Waals surface area contributed by atoms with Crippen LogP contribution < -0.4 is 11.1 Å². The first-order chi connectivity index (χ1) is 11.2. The van der Waals surface area contributed by atoms with E-state index in [-0.39, 0.29) is 22.4 Å². The van der Waals surface area contributed by atoms with Gasteiger partial charge in [0.05, 0.1) is 10.4 Å². The Morgan fingerprint density at radius 2 is 1.79 bits per heavy atom. The highest BCUT2D eigenvalue weighted by Crippen LogP contribution is 2.29. The summed E-state index contributed by atoms with van der Waals surface area (Å²) in [4.78, 5) is 12.6. The molecule has 6 nitrogen and oxygen atoms in total. The fourth-order valence-corrected chi connectivity index (χ4v) is 4.33. The summed E-state index contributed by atoms with van der Waals surface area (Å²) in [6.07, 6.45) is 3.91. The van der Waals surface area contributed by atoms with Gasteiger partial charge in [-0.15, -0.1) is 0 Å². The summed E-state index contributed by atoms with van der Waals surface area (Å²) in [5.41, 5.74) is 5.96. The Kier molecular flexibility index (Phi) is 5.67. The van der Waals surface area contributed by atoms with Crippen molar-refractivity contribution in [1.29, 1.82) is 0 Å². The molecule has 1 aliphatic rings. The number of rotatable bonds is 6. The zero-order chi connectivity index (χ0) is 18.0. The van der Waals surface area contributed by atoms with Gasteiger partial charge in [0.1, 0.15) is 0 Å². The molecule has 0 aromatic heterocycles. The highest BCUT2D eigenvalue weighted by Gasteiger charge is 2.34. The standard InChI is InChI=1S/C17H27N3O3S/c1-13(2)20(3)24(22,23)15-8-6-14(7-9-15)16(21)19-17(12-18)10-4-5-11-17/h6-9,13H,4-5,10-12,18H2,1-3H3,(H,19,21). The van der Waals surface area contributed by atoms with Crippen molar-refractivity contribution in [2.75, 3.05) is 13.6 Å². The minimum atomic E-state index is -3.54. The van der Waals surface area contributed by atoms with Gasteiger partial charge in [-0.25, -0.2) is 8.42 Å². The zero-order valence-electron chi connectivity index (χ0n) is 14.6. The number of carbonyl (C=O) groups is 1. The largest absolute Gasteiger partial charge is 0.345 e. The Balaban J connectivity index is 2.16. The molecule has 0 heterocycles. The van der Waals surface area contributed by atoms with Gasteiger partial charge in [-0.05, 0) is 51.0 Å². The first-order valence-electron chi connectivity index (χ1n) is 8.32. The third-order valence-corrected chi connectivity index (χ3v) is 6.90. The van der Waals surface area contributed by atoms with E-state index < -0.39 is 10.0 Å².